The van der Waals surface area contributed by atoms with Crippen LogP contribution in [0.4, 0.5) is 0 Å². The zero-order valence-corrected chi connectivity index (χ0v) is 10.1. The van der Waals surface area contributed by atoms with Crippen LogP contribution in [0.1, 0.15) is 19.3 Å². The number of carbonyl (C=O) groups is 2. The van der Waals surface area contributed by atoms with Crippen LogP contribution in [-0.2, 0) is 19.1 Å². The highest BCUT2D eigenvalue weighted by atomic mass is 16.7. The van der Waals surface area contributed by atoms with E-state index in [2.05, 4.69) is 0 Å². The Bertz CT molecular complexity index is 377. The van der Waals surface area contributed by atoms with Gasteiger partial charge in [0.05, 0.1) is 31.6 Å². The van der Waals surface area contributed by atoms with Crippen LogP contribution in [0.5, 0.6) is 0 Å². The van der Waals surface area contributed by atoms with Gasteiger partial charge >= 0.3 is 5.97 Å². The van der Waals surface area contributed by atoms with Crippen molar-refractivity contribution in [2.24, 2.45) is 11.8 Å². The first-order chi connectivity index (χ1) is 8.61. The van der Waals surface area contributed by atoms with Crippen molar-refractivity contribution < 1.29 is 24.2 Å². The highest BCUT2D eigenvalue weighted by molar-refractivity contribution is 5.89. The van der Waals surface area contributed by atoms with E-state index in [4.69, 9.17) is 14.6 Å². The fraction of sp³-hybridized carbons (Fsp3) is 0.833. The van der Waals surface area contributed by atoms with Crippen LogP contribution < -0.4 is 0 Å². The summed E-state index contributed by atoms with van der Waals surface area (Å²) < 4.78 is 11.2. The summed E-state index contributed by atoms with van der Waals surface area (Å²) in [7, 11) is 0. The number of carbonyl (C=O) groups excluding carboxylic acids is 1. The lowest BCUT2D eigenvalue weighted by molar-refractivity contribution is -0.193. The van der Waals surface area contributed by atoms with E-state index in [1.165, 1.54) is 0 Å². The summed E-state index contributed by atoms with van der Waals surface area (Å²) in [6.45, 7) is 2.26. The average Bonchev–Trinajstić information content (AvgIpc) is 3.05. The molecule has 0 aromatic carbocycles. The third-order valence-corrected chi connectivity index (χ3v) is 3.97. The topological polar surface area (TPSA) is 76.1 Å². The number of nitrogens with zero attached hydrogens (tertiary/aromatic N) is 1. The normalized spacial score (nSPS) is 33.7. The van der Waals surface area contributed by atoms with Crippen molar-refractivity contribution in [2.45, 2.75) is 25.0 Å². The van der Waals surface area contributed by atoms with Gasteiger partial charge in [0, 0.05) is 13.0 Å². The molecule has 2 heterocycles. The van der Waals surface area contributed by atoms with Crippen molar-refractivity contribution in [1.82, 2.24) is 4.90 Å². The third-order valence-electron chi connectivity index (χ3n) is 3.97. The molecular formula is C12H17NO5. The molecule has 0 unspecified atom stereocenters. The van der Waals surface area contributed by atoms with E-state index in [9.17, 15) is 9.59 Å². The Morgan fingerprint density at radius 1 is 1.22 bits per heavy atom. The molecule has 1 N–H and O–H groups in total. The molecule has 6 heteroatoms. The first-order valence-corrected chi connectivity index (χ1v) is 6.41. The van der Waals surface area contributed by atoms with E-state index < -0.39 is 17.7 Å². The van der Waals surface area contributed by atoms with Crippen LogP contribution in [-0.4, -0.2) is 54.0 Å². The van der Waals surface area contributed by atoms with Gasteiger partial charge in [-0.3, -0.25) is 9.59 Å². The van der Waals surface area contributed by atoms with Gasteiger partial charge in [0.2, 0.25) is 5.91 Å². The van der Waals surface area contributed by atoms with E-state index in [-0.39, 0.29) is 11.8 Å². The maximum atomic E-state index is 12.2. The van der Waals surface area contributed by atoms with Crippen LogP contribution in [0.15, 0.2) is 0 Å². The number of hydrogen-bond acceptors (Lipinski definition) is 4. The Balaban J connectivity index is 1.62. The fourth-order valence-electron chi connectivity index (χ4n) is 2.88. The molecule has 2 atom stereocenters. The molecule has 0 radical (unpaired) electrons. The van der Waals surface area contributed by atoms with Gasteiger partial charge < -0.3 is 19.5 Å². The van der Waals surface area contributed by atoms with E-state index in [1.807, 2.05) is 0 Å². The van der Waals surface area contributed by atoms with E-state index in [1.54, 1.807) is 4.90 Å². The van der Waals surface area contributed by atoms with Crippen LogP contribution in [0.3, 0.4) is 0 Å². The molecule has 100 valence electrons. The van der Waals surface area contributed by atoms with E-state index >= 15 is 0 Å². The third kappa shape index (κ3) is 1.99. The summed E-state index contributed by atoms with van der Waals surface area (Å²) in [5, 5.41) is 8.86. The molecule has 6 nitrogen and oxygen atoms in total. The van der Waals surface area contributed by atoms with Crippen molar-refractivity contribution in [2.75, 3.05) is 26.3 Å². The van der Waals surface area contributed by atoms with Crippen LogP contribution in [0.25, 0.3) is 0 Å². The number of carboxylic acids is 1. The second kappa shape index (κ2) is 4.20. The van der Waals surface area contributed by atoms with Crippen molar-refractivity contribution in [1.29, 1.82) is 0 Å². The lowest BCUT2D eigenvalue weighted by Crippen LogP contribution is -2.51. The lowest BCUT2D eigenvalue weighted by Gasteiger charge is -2.38. The minimum absolute atomic E-state index is 0.0550. The molecule has 2 aliphatic heterocycles. The van der Waals surface area contributed by atoms with Crippen LogP contribution in [0.2, 0.25) is 0 Å². The maximum Gasteiger partial charge on any atom is 0.307 e. The molecule has 1 aliphatic carbocycles. The number of hydrogen-bond donors (Lipinski definition) is 1. The number of likely N-dealkylation sites (tertiary alicyclic amines) is 1. The van der Waals surface area contributed by atoms with Crippen molar-refractivity contribution in [3.05, 3.63) is 0 Å². The van der Waals surface area contributed by atoms with Gasteiger partial charge in [-0.15, -0.1) is 0 Å². The Labute approximate surface area is 105 Å². The molecule has 3 aliphatic rings. The minimum atomic E-state index is -0.867. The highest BCUT2D eigenvalue weighted by Crippen LogP contribution is 2.41. The van der Waals surface area contributed by atoms with Crippen molar-refractivity contribution >= 4 is 11.9 Å². The van der Waals surface area contributed by atoms with Gasteiger partial charge in [-0.2, -0.15) is 0 Å². The minimum Gasteiger partial charge on any atom is -0.481 e. The molecule has 3 rings (SSSR count). The van der Waals surface area contributed by atoms with Gasteiger partial charge in [0.1, 0.15) is 0 Å². The quantitative estimate of drug-likeness (QED) is 0.755. The summed E-state index contributed by atoms with van der Waals surface area (Å²) in [4.78, 5) is 24.7. The second-order valence-electron chi connectivity index (χ2n) is 5.26. The number of carboxylic acid groups (broad SMARTS) is 1. The molecule has 1 saturated carbocycles. The van der Waals surface area contributed by atoms with Gasteiger partial charge in [0.25, 0.3) is 0 Å². The Morgan fingerprint density at radius 2 is 1.94 bits per heavy atom. The Hall–Kier alpha value is -1.14. The Morgan fingerprint density at radius 3 is 2.56 bits per heavy atom. The van der Waals surface area contributed by atoms with Gasteiger partial charge in [-0.05, 0) is 12.8 Å². The molecule has 2 saturated heterocycles. The molecular weight excluding hydrogens is 238 g/mol. The number of amides is 1. The number of rotatable bonds is 2. The number of piperidine rings is 1. The van der Waals surface area contributed by atoms with Gasteiger partial charge in [-0.1, -0.05) is 0 Å². The maximum absolute atomic E-state index is 12.2. The molecule has 0 aromatic rings. The number of aliphatic carboxylic acids is 1. The predicted octanol–water partition coefficient (Wildman–Crippen LogP) is 0.0726. The molecule has 1 amide bonds. The summed E-state index contributed by atoms with van der Waals surface area (Å²) in [5.74, 6) is -2.37. The molecule has 18 heavy (non-hydrogen) atoms. The van der Waals surface area contributed by atoms with Crippen LogP contribution >= 0.6 is 0 Å². The molecule has 0 bridgehead atoms. The van der Waals surface area contributed by atoms with Crippen molar-refractivity contribution in [3.63, 3.8) is 0 Å². The van der Waals surface area contributed by atoms with Crippen molar-refractivity contribution in [3.8, 4) is 0 Å². The highest BCUT2D eigenvalue weighted by Gasteiger charge is 2.52. The number of ether oxygens (including phenoxy) is 2. The zero-order chi connectivity index (χ0) is 12.8. The summed E-state index contributed by atoms with van der Waals surface area (Å²) in [5.41, 5.74) is 0. The van der Waals surface area contributed by atoms with Gasteiger partial charge in [-0.25, -0.2) is 0 Å². The van der Waals surface area contributed by atoms with E-state index in [0.29, 0.717) is 32.7 Å². The summed E-state index contributed by atoms with van der Waals surface area (Å²) in [6.07, 6.45) is 2.12. The molecule has 1 spiro atoms. The molecule has 3 fully saturated rings. The van der Waals surface area contributed by atoms with E-state index in [0.717, 1.165) is 12.8 Å². The smallest absolute Gasteiger partial charge is 0.307 e. The Kier molecular flexibility index (Phi) is 2.79. The lowest BCUT2D eigenvalue weighted by atomic mass is 10.0. The monoisotopic (exact) mass is 255 g/mol. The second-order valence-corrected chi connectivity index (χ2v) is 5.26. The largest absolute Gasteiger partial charge is 0.481 e. The SMILES string of the molecule is O=C(O)[C@H]1C[C@H]1C(=O)N1CCCC2(C1)OCCO2. The average molecular weight is 255 g/mol. The first kappa shape index (κ1) is 11.9. The standard InChI is InChI=1S/C12H17NO5/c14-10(8-6-9(8)11(15)16)13-3-1-2-12(7-13)17-4-5-18-12/h8-9H,1-7H2,(H,15,16)/t8-,9+/m1/s1. The zero-order valence-electron chi connectivity index (χ0n) is 10.1. The van der Waals surface area contributed by atoms with Gasteiger partial charge in [0.15, 0.2) is 5.79 Å². The summed E-state index contributed by atoms with van der Waals surface area (Å²) >= 11 is 0. The fourth-order valence-corrected chi connectivity index (χ4v) is 2.88. The predicted molar refractivity (Wildman–Crippen MR) is 59.7 cm³/mol. The van der Waals surface area contributed by atoms with Crippen LogP contribution in [0, 0.1) is 11.8 Å². The summed E-state index contributed by atoms with van der Waals surface area (Å²) in [6, 6.07) is 0. The first-order valence-electron chi connectivity index (χ1n) is 6.41. The molecule has 0 aromatic heterocycles.